The minimum absolute atomic E-state index is 0.199. The van der Waals surface area contributed by atoms with E-state index < -0.39 is 12.0 Å². The Kier molecular flexibility index (Phi) is 7.65. The average Bonchev–Trinajstić information content (AvgIpc) is 3.17. The van der Waals surface area contributed by atoms with Gasteiger partial charge < -0.3 is 18.9 Å². The molecular formula is C26H25BrN2O6S. The van der Waals surface area contributed by atoms with E-state index in [-0.39, 0.29) is 12.2 Å². The number of thiazole rings is 1. The van der Waals surface area contributed by atoms with E-state index in [0.29, 0.717) is 49.0 Å². The Hall–Kier alpha value is -3.37. The predicted octanol–water partition coefficient (Wildman–Crippen LogP) is 3.59. The smallest absolute Gasteiger partial charge is 0.338 e. The third-order valence-corrected chi connectivity index (χ3v) is 7.34. The minimum atomic E-state index is -0.761. The van der Waals surface area contributed by atoms with Crippen LogP contribution < -0.4 is 29.1 Å². The number of hydrogen-bond acceptors (Lipinski definition) is 8. The van der Waals surface area contributed by atoms with Crippen LogP contribution in [0.1, 0.15) is 31.0 Å². The van der Waals surface area contributed by atoms with Crippen LogP contribution in [0.4, 0.5) is 0 Å². The lowest BCUT2D eigenvalue weighted by molar-refractivity contribution is -0.139. The summed E-state index contributed by atoms with van der Waals surface area (Å²) in [7, 11) is 4.67. The molecule has 2 aromatic carbocycles. The fourth-order valence-corrected chi connectivity index (χ4v) is 5.68. The number of methoxy groups -OCH3 is 3. The summed E-state index contributed by atoms with van der Waals surface area (Å²) in [5, 5.41) is 0. The van der Waals surface area contributed by atoms with Gasteiger partial charge in [-0.2, -0.15) is 0 Å². The number of carbonyl (C=O) groups excluding carboxylic acids is 1. The first kappa shape index (κ1) is 25.7. The Morgan fingerprint density at radius 1 is 1.11 bits per heavy atom. The van der Waals surface area contributed by atoms with Crippen molar-refractivity contribution in [3.8, 4) is 17.2 Å². The topological polar surface area (TPSA) is 88.4 Å². The summed E-state index contributed by atoms with van der Waals surface area (Å²) in [6.07, 6.45) is 1.75. The second-order valence-electron chi connectivity index (χ2n) is 7.77. The maximum atomic E-state index is 13.8. The van der Waals surface area contributed by atoms with Crippen LogP contribution in [0.25, 0.3) is 6.08 Å². The zero-order valence-corrected chi connectivity index (χ0v) is 22.9. The molecule has 2 heterocycles. The third kappa shape index (κ3) is 4.58. The van der Waals surface area contributed by atoms with Gasteiger partial charge in [0.1, 0.15) is 23.3 Å². The van der Waals surface area contributed by atoms with Crippen molar-refractivity contribution in [1.82, 2.24) is 4.57 Å². The number of fused-ring (bicyclic) bond motifs is 1. The van der Waals surface area contributed by atoms with Crippen LogP contribution in [0.3, 0.4) is 0 Å². The molecule has 36 heavy (non-hydrogen) atoms. The molecule has 1 aliphatic heterocycles. The number of carbonyl (C=O) groups is 1. The van der Waals surface area contributed by atoms with E-state index >= 15 is 0 Å². The molecule has 3 aromatic rings. The second-order valence-corrected chi connectivity index (χ2v) is 9.64. The van der Waals surface area contributed by atoms with Crippen molar-refractivity contribution in [2.45, 2.75) is 19.9 Å². The number of hydrogen-bond donors (Lipinski definition) is 0. The van der Waals surface area contributed by atoms with Gasteiger partial charge in [0.2, 0.25) is 0 Å². The molecule has 0 saturated carbocycles. The van der Waals surface area contributed by atoms with Gasteiger partial charge in [0.15, 0.2) is 4.80 Å². The quantitative estimate of drug-likeness (QED) is 0.402. The summed E-state index contributed by atoms with van der Waals surface area (Å²) in [6.45, 7) is 3.68. The van der Waals surface area contributed by atoms with E-state index in [2.05, 4.69) is 20.9 Å². The van der Waals surface area contributed by atoms with Gasteiger partial charge in [-0.3, -0.25) is 9.36 Å². The molecule has 0 spiro atoms. The predicted molar refractivity (Wildman–Crippen MR) is 141 cm³/mol. The maximum absolute atomic E-state index is 13.8. The highest BCUT2D eigenvalue weighted by atomic mass is 79.9. The number of halogens is 1. The summed E-state index contributed by atoms with van der Waals surface area (Å²) in [4.78, 5) is 32.0. The molecule has 4 rings (SSSR count). The molecule has 1 atom stereocenters. The van der Waals surface area contributed by atoms with Crippen molar-refractivity contribution in [3.05, 3.63) is 83.0 Å². The highest BCUT2D eigenvalue weighted by Crippen LogP contribution is 2.36. The Morgan fingerprint density at radius 2 is 1.81 bits per heavy atom. The van der Waals surface area contributed by atoms with Crippen LogP contribution in [0.5, 0.6) is 17.2 Å². The number of aromatic nitrogens is 1. The lowest BCUT2D eigenvalue weighted by Gasteiger charge is -2.25. The summed E-state index contributed by atoms with van der Waals surface area (Å²) >= 11 is 4.72. The fourth-order valence-electron chi connectivity index (χ4n) is 4.12. The first-order chi connectivity index (χ1) is 17.3. The van der Waals surface area contributed by atoms with Gasteiger partial charge in [0.25, 0.3) is 5.56 Å². The van der Waals surface area contributed by atoms with Crippen LogP contribution in [0.2, 0.25) is 0 Å². The molecule has 0 aliphatic carbocycles. The molecular weight excluding hydrogens is 548 g/mol. The van der Waals surface area contributed by atoms with Crippen LogP contribution in [-0.2, 0) is 9.53 Å². The molecule has 0 amide bonds. The monoisotopic (exact) mass is 572 g/mol. The standard InChI is InChI=1S/C26H25BrN2O6S/c1-6-35-25(31)22-14(2)28-26-29(23(22)16-9-7-8-10-18(16)32-3)24(30)21(36-26)12-15-11-17(27)20(34-5)13-19(15)33-4/h7-13,23H,6H2,1-5H3. The van der Waals surface area contributed by atoms with Gasteiger partial charge in [-0.1, -0.05) is 29.5 Å². The van der Waals surface area contributed by atoms with E-state index in [4.69, 9.17) is 18.9 Å². The number of esters is 1. The van der Waals surface area contributed by atoms with Crippen molar-refractivity contribution in [2.75, 3.05) is 27.9 Å². The van der Waals surface area contributed by atoms with Gasteiger partial charge in [-0.25, -0.2) is 9.79 Å². The number of rotatable bonds is 7. The minimum Gasteiger partial charge on any atom is -0.496 e. The molecule has 0 fully saturated rings. The molecule has 1 aliphatic rings. The number of para-hydroxylation sites is 1. The van der Waals surface area contributed by atoms with Gasteiger partial charge in [-0.15, -0.1) is 0 Å². The van der Waals surface area contributed by atoms with Crippen LogP contribution in [-0.4, -0.2) is 38.5 Å². The summed E-state index contributed by atoms with van der Waals surface area (Å²) in [5.74, 6) is 1.18. The number of benzene rings is 2. The van der Waals surface area contributed by atoms with E-state index in [1.54, 1.807) is 53.4 Å². The van der Waals surface area contributed by atoms with Crippen LogP contribution in [0, 0.1) is 0 Å². The van der Waals surface area contributed by atoms with Crippen molar-refractivity contribution >= 4 is 39.3 Å². The van der Waals surface area contributed by atoms with Gasteiger partial charge in [-0.05, 0) is 48.0 Å². The van der Waals surface area contributed by atoms with Crippen LogP contribution >= 0.6 is 27.3 Å². The average molecular weight is 573 g/mol. The molecule has 0 radical (unpaired) electrons. The molecule has 0 N–H and O–H groups in total. The van der Waals surface area contributed by atoms with Gasteiger partial charge >= 0.3 is 5.97 Å². The lowest BCUT2D eigenvalue weighted by Crippen LogP contribution is -2.40. The first-order valence-electron chi connectivity index (χ1n) is 11.1. The zero-order chi connectivity index (χ0) is 26.0. The highest BCUT2D eigenvalue weighted by Gasteiger charge is 2.35. The zero-order valence-electron chi connectivity index (χ0n) is 20.5. The van der Waals surface area contributed by atoms with E-state index in [9.17, 15) is 9.59 Å². The van der Waals surface area contributed by atoms with Gasteiger partial charge in [0.05, 0.1) is 48.2 Å². The summed E-state index contributed by atoms with van der Waals surface area (Å²) in [6, 6.07) is 10.1. The lowest BCUT2D eigenvalue weighted by atomic mass is 9.95. The van der Waals surface area contributed by atoms with Gasteiger partial charge in [0, 0.05) is 17.2 Å². The molecule has 188 valence electrons. The summed E-state index contributed by atoms with van der Waals surface area (Å²) in [5.41, 5.74) is 1.84. The van der Waals surface area contributed by atoms with E-state index in [0.717, 1.165) is 4.47 Å². The van der Waals surface area contributed by atoms with E-state index in [1.165, 1.54) is 15.9 Å². The van der Waals surface area contributed by atoms with E-state index in [1.807, 2.05) is 24.3 Å². The highest BCUT2D eigenvalue weighted by molar-refractivity contribution is 9.10. The molecule has 0 bridgehead atoms. The van der Waals surface area contributed by atoms with Crippen molar-refractivity contribution in [3.63, 3.8) is 0 Å². The Balaban J connectivity index is 2.00. The molecule has 8 nitrogen and oxygen atoms in total. The molecule has 1 aromatic heterocycles. The SMILES string of the molecule is CCOC(=O)C1=C(C)N=c2sc(=Cc3cc(Br)c(OC)cc3OC)c(=O)n2C1c1ccccc1OC. The van der Waals surface area contributed by atoms with Crippen LogP contribution in [0.15, 0.2) is 61.9 Å². The Morgan fingerprint density at radius 3 is 2.47 bits per heavy atom. The molecule has 1 unspecified atom stereocenters. The number of allylic oxidation sites excluding steroid dienone is 1. The Bertz CT molecular complexity index is 1540. The molecule has 10 heteroatoms. The molecule has 0 saturated heterocycles. The second kappa shape index (κ2) is 10.7. The normalized spacial score (nSPS) is 15.3. The summed E-state index contributed by atoms with van der Waals surface area (Å²) < 4.78 is 24.5. The Labute approximate surface area is 220 Å². The van der Waals surface area contributed by atoms with Crippen molar-refractivity contribution < 1.29 is 23.7 Å². The first-order valence-corrected chi connectivity index (χ1v) is 12.7. The fraction of sp³-hybridized carbons (Fsp3) is 0.269. The number of ether oxygens (including phenoxy) is 4. The maximum Gasteiger partial charge on any atom is 0.338 e. The van der Waals surface area contributed by atoms with Crippen molar-refractivity contribution in [2.24, 2.45) is 4.99 Å². The van der Waals surface area contributed by atoms with Crippen molar-refractivity contribution in [1.29, 1.82) is 0 Å². The number of nitrogens with zero attached hydrogens (tertiary/aromatic N) is 2. The largest absolute Gasteiger partial charge is 0.496 e. The third-order valence-electron chi connectivity index (χ3n) is 5.74.